The molecule has 67 heavy (non-hydrogen) atoms. The highest BCUT2D eigenvalue weighted by Crippen LogP contribution is 2.33. The van der Waals surface area contributed by atoms with Crippen molar-refractivity contribution in [1.82, 2.24) is 29.6 Å². The topological polar surface area (TPSA) is 175 Å². The van der Waals surface area contributed by atoms with Gasteiger partial charge in [-0.2, -0.15) is 0 Å². The molecule has 14 heteroatoms. The Morgan fingerprint density at radius 2 is 1.61 bits per heavy atom. The van der Waals surface area contributed by atoms with E-state index >= 15 is 0 Å². The Bertz CT molecular complexity index is 2850. The summed E-state index contributed by atoms with van der Waals surface area (Å²) in [4.78, 5) is 71.6. The van der Waals surface area contributed by atoms with Gasteiger partial charge >= 0.3 is 5.69 Å². The molecule has 9 rings (SSSR count). The number of nitrogens with zero attached hydrogens (tertiary/aromatic N) is 5. The second kappa shape index (κ2) is 19.1. The van der Waals surface area contributed by atoms with Crippen LogP contribution in [0.1, 0.15) is 104 Å². The molecule has 0 bridgehead atoms. The quantitative estimate of drug-likeness (QED) is 0.0826. The molecule has 0 saturated carbocycles. The van der Waals surface area contributed by atoms with Crippen LogP contribution in [-0.4, -0.2) is 99.1 Å². The number of imidazole rings is 1. The molecule has 4 saturated heterocycles. The molecular weight excluding hydrogens is 845 g/mol. The van der Waals surface area contributed by atoms with Gasteiger partial charge in [-0.1, -0.05) is 48.2 Å². The lowest BCUT2D eigenvalue weighted by Gasteiger charge is -2.43. The Kier molecular flexibility index (Phi) is 13.0. The Morgan fingerprint density at radius 1 is 0.881 bits per heavy atom. The van der Waals surface area contributed by atoms with Gasteiger partial charge in [0.25, 0.3) is 5.91 Å². The van der Waals surface area contributed by atoms with E-state index < -0.39 is 17.6 Å². The standard InChI is InChI=1S/C53H62N8O6/c1-4-60-47-32-40(14-16-45(47)61(52(60)66)46-17-18-48(62)56-50(46)64)58-27-21-38(22-28-58)51(65)59-29-23-53(67,24-30-59)33-57-25-19-36(20-26-57)10-11-37-12-15-41(43-8-6-5-7-42(37)43)35(3)55-49(63)44-31-39(54)13-9-34(44)2/h5-9,12-16,31-32,35-36,38,46,67H,4,17-30,33,54H2,1-3H3,(H,55,63)(H,56,62,64)/t35-,46?/m1/s1. The number of amides is 4. The summed E-state index contributed by atoms with van der Waals surface area (Å²) in [6.07, 6.45) is 4.89. The van der Waals surface area contributed by atoms with Gasteiger partial charge in [0.1, 0.15) is 6.04 Å². The molecule has 0 radical (unpaired) electrons. The molecule has 4 aliphatic heterocycles. The van der Waals surface area contributed by atoms with Gasteiger partial charge in [-0.3, -0.25) is 33.6 Å². The smallest absolute Gasteiger partial charge is 0.329 e. The van der Waals surface area contributed by atoms with Crippen LogP contribution < -0.4 is 27.0 Å². The molecule has 4 fully saturated rings. The van der Waals surface area contributed by atoms with Crippen LogP contribution in [-0.2, 0) is 20.9 Å². The number of rotatable bonds is 9. The maximum Gasteiger partial charge on any atom is 0.329 e. The van der Waals surface area contributed by atoms with Gasteiger partial charge in [-0.15, -0.1) is 0 Å². The van der Waals surface area contributed by atoms with Crippen molar-refractivity contribution in [2.75, 3.05) is 56.4 Å². The maximum atomic E-state index is 13.8. The zero-order valence-electron chi connectivity index (χ0n) is 38.9. The number of nitrogens with one attached hydrogen (secondary N) is 2. The highest BCUT2D eigenvalue weighted by atomic mass is 16.3. The minimum atomic E-state index is -0.835. The van der Waals surface area contributed by atoms with Gasteiger partial charge < -0.3 is 30.9 Å². The molecule has 4 aromatic carbocycles. The second-order valence-electron chi connectivity index (χ2n) is 19.2. The highest BCUT2D eigenvalue weighted by molar-refractivity contribution is 6.00. The number of imide groups is 1. The van der Waals surface area contributed by atoms with Gasteiger partial charge in [0.15, 0.2) is 0 Å². The summed E-state index contributed by atoms with van der Waals surface area (Å²) in [6.45, 7) is 11.1. The van der Waals surface area contributed by atoms with Gasteiger partial charge in [0.2, 0.25) is 17.7 Å². The number of hydrogen-bond acceptors (Lipinski definition) is 9. The third-order valence-corrected chi connectivity index (χ3v) is 14.8. The first-order chi connectivity index (χ1) is 32.3. The number of nitrogen functional groups attached to an aromatic ring is 1. The lowest BCUT2D eigenvalue weighted by atomic mass is 9.87. The van der Waals surface area contributed by atoms with Crippen molar-refractivity contribution in [1.29, 1.82) is 0 Å². The normalized spacial score (nSPS) is 20.1. The van der Waals surface area contributed by atoms with Gasteiger partial charge in [0, 0.05) is 80.0 Å². The second-order valence-corrected chi connectivity index (χ2v) is 19.2. The zero-order valence-corrected chi connectivity index (χ0v) is 38.9. The van der Waals surface area contributed by atoms with Gasteiger partial charge in [-0.25, -0.2) is 4.79 Å². The summed E-state index contributed by atoms with van der Waals surface area (Å²) in [5.41, 5.74) is 11.3. The van der Waals surface area contributed by atoms with Crippen molar-refractivity contribution < 1.29 is 24.3 Å². The van der Waals surface area contributed by atoms with E-state index in [4.69, 9.17) is 5.73 Å². The molecule has 5 heterocycles. The molecule has 0 aliphatic carbocycles. The van der Waals surface area contributed by atoms with Crippen molar-refractivity contribution in [3.63, 3.8) is 0 Å². The Hall–Kier alpha value is -6.43. The molecule has 14 nitrogen and oxygen atoms in total. The summed E-state index contributed by atoms with van der Waals surface area (Å²) >= 11 is 0. The number of fused-ring (bicyclic) bond motifs is 2. The third kappa shape index (κ3) is 9.45. The van der Waals surface area contributed by atoms with E-state index in [-0.39, 0.29) is 47.7 Å². The number of benzene rings is 4. The number of piperidine rings is 4. The number of nitrogens with two attached hydrogens (primary N) is 1. The average molecular weight is 907 g/mol. The molecular formula is C53H62N8O6. The van der Waals surface area contributed by atoms with Crippen molar-refractivity contribution in [2.24, 2.45) is 11.8 Å². The number of β-amino-alcohol motifs (C(OH)–C–C–N with tert-alkyl or cyclic N) is 1. The fourth-order valence-corrected chi connectivity index (χ4v) is 10.8. The molecule has 350 valence electrons. The third-order valence-electron chi connectivity index (χ3n) is 14.8. The molecule has 4 aliphatic rings. The summed E-state index contributed by atoms with van der Waals surface area (Å²) in [5.74, 6) is 6.49. The molecule has 1 unspecified atom stereocenters. The summed E-state index contributed by atoms with van der Waals surface area (Å²) < 4.78 is 3.20. The van der Waals surface area contributed by atoms with Crippen LogP contribution in [0.2, 0.25) is 0 Å². The number of aliphatic hydroxyl groups is 1. The van der Waals surface area contributed by atoms with E-state index in [0.717, 1.165) is 77.4 Å². The first kappa shape index (κ1) is 45.7. The Balaban J connectivity index is 0.747. The number of hydrogen-bond donors (Lipinski definition) is 4. The van der Waals surface area contributed by atoms with Crippen molar-refractivity contribution in [2.45, 2.75) is 96.4 Å². The number of carbonyl (C=O) groups is 4. The van der Waals surface area contributed by atoms with E-state index in [9.17, 15) is 29.1 Å². The van der Waals surface area contributed by atoms with Crippen LogP contribution in [0.4, 0.5) is 11.4 Å². The minimum absolute atomic E-state index is 0.0779. The summed E-state index contributed by atoms with van der Waals surface area (Å²) in [5, 5.41) is 19.4. The van der Waals surface area contributed by atoms with Crippen molar-refractivity contribution in [3.05, 3.63) is 106 Å². The Morgan fingerprint density at radius 3 is 2.33 bits per heavy atom. The van der Waals surface area contributed by atoms with E-state index in [1.165, 1.54) is 4.57 Å². The van der Waals surface area contributed by atoms with Crippen LogP contribution >= 0.6 is 0 Å². The number of likely N-dealkylation sites (tertiary alicyclic amines) is 2. The van der Waals surface area contributed by atoms with Crippen molar-refractivity contribution >= 4 is 56.8 Å². The Labute approximate surface area is 391 Å². The maximum absolute atomic E-state index is 13.8. The molecule has 0 spiro atoms. The summed E-state index contributed by atoms with van der Waals surface area (Å²) in [6, 6.07) is 22.6. The highest BCUT2D eigenvalue weighted by Gasteiger charge is 2.39. The molecule has 1 aromatic heterocycles. The fourth-order valence-electron chi connectivity index (χ4n) is 10.8. The number of aryl methyl sites for hydroxylation is 2. The van der Waals surface area contributed by atoms with Gasteiger partial charge in [-0.05, 0) is 137 Å². The van der Waals surface area contributed by atoms with Gasteiger partial charge in [0.05, 0.1) is 22.7 Å². The zero-order chi connectivity index (χ0) is 47.0. The molecule has 5 aromatic rings. The average Bonchev–Trinajstić information content (AvgIpc) is 3.61. The molecule has 2 atom stereocenters. The lowest BCUT2D eigenvalue weighted by molar-refractivity contribution is -0.141. The first-order valence-corrected chi connectivity index (χ1v) is 24.1. The summed E-state index contributed by atoms with van der Waals surface area (Å²) in [7, 11) is 0. The predicted octanol–water partition coefficient (Wildman–Crippen LogP) is 5.67. The predicted molar refractivity (Wildman–Crippen MR) is 260 cm³/mol. The van der Waals surface area contributed by atoms with Crippen molar-refractivity contribution in [3.8, 4) is 11.8 Å². The monoisotopic (exact) mass is 906 g/mol. The van der Waals surface area contributed by atoms with E-state index in [0.29, 0.717) is 75.3 Å². The van der Waals surface area contributed by atoms with Crippen LogP contribution in [0.3, 0.4) is 0 Å². The van der Waals surface area contributed by atoms with Crippen LogP contribution in [0.15, 0.2) is 77.6 Å². The number of carbonyl (C=O) groups excluding carboxylic acids is 4. The lowest BCUT2D eigenvalue weighted by Crippen LogP contribution is -2.54. The van der Waals surface area contributed by atoms with E-state index in [2.05, 4.69) is 56.5 Å². The minimum Gasteiger partial charge on any atom is -0.399 e. The van der Waals surface area contributed by atoms with Crippen LogP contribution in [0.5, 0.6) is 0 Å². The molecule has 5 N–H and O–H groups in total. The number of anilines is 2. The van der Waals surface area contributed by atoms with E-state index in [1.54, 1.807) is 16.7 Å². The largest absolute Gasteiger partial charge is 0.399 e. The fraction of sp³-hybridized carbons (Fsp3) is 0.453. The SMILES string of the molecule is CCn1c(=O)n(C2CCC(=O)NC2=O)c2ccc(N3CCC(C(=O)N4CCC(O)(CN5CCC(C#Cc6ccc([C@@H](C)NC(=O)c7cc(N)ccc7C)c7ccccc67)CC5)CC4)CC3)cc21. The number of aromatic nitrogens is 2. The first-order valence-electron chi connectivity index (χ1n) is 24.1. The van der Waals surface area contributed by atoms with E-state index in [1.807, 2.05) is 62.1 Å². The van der Waals surface area contributed by atoms with Crippen LogP contribution in [0, 0.1) is 30.6 Å². The molecule has 4 amide bonds. The van der Waals surface area contributed by atoms with Crippen LogP contribution in [0.25, 0.3) is 21.8 Å².